The minimum atomic E-state index is 0.595. The fourth-order valence-corrected chi connectivity index (χ4v) is 2.73. The molecule has 1 aromatic rings. The van der Waals surface area contributed by atoms with E-state index in [4.69, 9.17) is 4.74 Å². The number of fused-ring (bicyclic) bond motifs is 1. The van der Waals surface area contributed by atoms with Crippen molar-refractivity contribution < 1.29 is 4.74 Å². The molecule has 1 aliphatic rings. The van der Waals surface area contributed by atoms with E-state index >= 15 is 0 Å². The van der Waals surface area contributed by atoms with Gasteiger partial charge in [-0.2, -0.15) is 0 Å². The molecule has 19 heavy (non-hydrogen) atoms. The lowest BCUT2D eigenvalue weighted by atomic mass is 10.2. The topological polar surface area (TPSA) is 24.5 Å². The molecule has 0 radical (unpaired) electrons. The number of hydrogen-bond donors (Lipinski definition) is 1. The molecule has 2 rings (SSSR count). The Labute approximate surface area is 116 Å². The Bertz CT molecular complexity index is 381. The van der Waals surface area contributed by atoms with Crippen molar-refractivity contribution in [3.8, 4) is 0 Å². The number of nitrogens with zero attached hydrogens (tertiary/aromatic N) is 1. The molecule has 1 aromatic carbocycles. The Morgan fingerprint density at radius 2 is 2.21 bits per heavy atom. The molecule has 0 bridgehead atoms. The van der Waals surface area contributed by atoms with Crippen molar-refractivity contribution >= 4 is 5.69 Å². The van der Waals surface area contributed by atoms with Gasteiger partial charge in [0.15, 0.2) is 0 Å². The maximum atomic E-state index is 5.13. The van der Waals surface area contributed by atoms with E-state index in [1.807, 2.05) is 0 Å². The first kappa shape index (κ1) is 14.4. The Kier molecular flexibility index (Phi) is 5.67. The third-order valence-corrected chi connectivity index (χ3v) is 3.71. The van der Waals surface area contributed by atoms with Crippen LogP contribution in [-0.2, 0) is 11.2 Å². The number of anilines is 1. The van der Waals surface area contributed by atoms with Crippen LogP contribution in [0.15, 0.2) is 24.3 Å². The minimum absolute atomic E-state index is 0.595. The standard InChI is InChI=1S/C16H26N2O/c1-14(13-19-2)12-17-9-5-10-18-11-8-15-6-3-4-7-16(15)18/h3-4,6-7,14,17H,5,8-13H2,1-2H3. The number of ether oxygens (including phenoxy) is 1. The zero-order valence-corrected chi connectivity index (χ0v) is 12.2. The maximum Gasteiger partial charge on any atom is 0.0499 e. The lowest BCUT2D eigenvalue weighted by Gasteiger charge is -2.19. The van der Waals surface area contributed by atoms with Gasteiger partial charge in [-0.05, 0) is 43.5 Å². The quantitative estimate of drug-likeness (QED) is 0.728. The van der Waals surface area contributed by atoms with Crippen molar-refractivity contribution in [1.29, 1.82) is 0 Å². The Balaban J connectivity index is 1.62. The van der Waals surface area contributed by atoms with E-state index < -0.39 is 0 Å². The normalized spacial score (nSPS) is 15.6. The van der Waals surface area contributed by atoms with Gasteiger partial charge in [0.1, 0.15) is 0 Å². The Morgan fingerprint density at radius 1 is 1.37 bits per heavy atom. The van der Waals surface area contributed by atoms with E-state index in [-0.39, 0.29) is 0 Å². The number of methoxy groups -OCH3 is 1. The van der Waals surface area contributed by atoms with Crippen molar-refractivity contribution in [2.24, 2.45) is 5.92 Å². The van der Waals surface area contributed by atoms with Crippen molar-refractivity contribution in [1.82, 2.24) is 5.32 Å². The number of hydrogen-bond acceptors (Lipinski definition) is 3. The molecule has 0 saturated carbocycles. The highest BCUT2D eigenvalue weighted by atomic mass is 16.5. The summed E-state index contributed by atoms with van der Waals surface area (Å²) in [5, 5.41) is 3.51. The zero-order chi connectivity index (χ0) is 13.5. The molecular formula is C16H26N2O. The highest BCUT2D eigenvalue weighted by molar-refractivity contribution is 5.57. The van der Waals surface area contributed by atoms with Gasteiger partial charge in [-0.3, -0.25) is 0 Å². The summed E-state index contributed by atoms with van der Waals surface area (Å²) in [6.07, 6.45) is 2.41. The van der Waals surface area contributed by atoms with Crippen molar-refractivity contribution in [2.75, 3.05) is 44.8 Å². The van der Waals surface area contributed by atoms with Gasteiger partial charge in [0.2, 0.25) is 0 Å². The first-order valence-electron chi connectivity index (χ1n) is 7.33. The molecule has 0 aliphatic carbocycles. The average Bonchev–Trinajstić information content (AvgIpc) is 2.82. The molecule has 0 fully saturated rings. The van der Waals surface area contributed by atoms with Crippen molar-refractivity contribution in [2.45, 2.75) is 19.8 Å². The van der Waals surface area contributed by atoms with Crippen molar-refractivity contribution in [3.63, 3.8) is 0 Å². The van der Waals surface area contributed by atoms with E-state index in [1.165, 1.54) is 30.6 Å². The zero-order valence-electron chi connectivity index (χ0n) is 12.2. The number of nitrogens with one attached hydrogen (secondary N) is 1. The third kappa shape index (κ3) is 4.22. The van der Waals surface area contributed by atoms with Gasteiger partial charge >= 0.3 is 0 Å². The van der Waals surface area contributed by atoms with E-state index in [1.54, 1.807) is 7.11 Å². The largest absolute Gasteiger partial charge is 0.384 e. The SMILES string of the molecule is COCC(C)CNCCCN1CCc2ccccc21. The molecule has 1 atom stereocenters. The smallest absolute Gasteiger partial charge is 0.0499 e. The van der Waals surface area contributed by atoms with Crippen LogP contribution >= 0.6 is 0 Å². The molecule has 0 saturated heterocycles. The monoisotopic (exact) mass is 262 g/mol. The Morgan fingerprint density at radius 3 is 3.05 bits per heavy atom. The van der Waals surface area contributed by atoms with Gasteiger partial charge in [-0.25, -0.2) is 0 Å². The van der Waals surface area contributed by atoms with E-state index in [9.17, 15) is 0 Å². The van der Waals surface area contributed by atoms with Crippen LogP contribution < -0.4 is 10.2 Å². The molecule has 1 aliphatic heterocycles. The van der Waals surface area contributed by atoms with Gasteiger partial charge in [0, 0.05) is 32.5 Å². The van der Waals surface area contributed by atoms with Gasteiger partial charge in [0.25, 0.3) is 0 Å². The molecule has 0 amide bonds. The number of para-hydroxylation sites is 1. The summed E-state index contributed by atoms with van der Waals surface area (Å²) in [4.78, 5) is 2.51. The molecule has 3 nitrogen and oxygen atoms in total. The second kappa shape index (κ2) is 7.51. The van der Waals surface area contributed by atoms with Crippen molar-refractivity contribution in [3.05, 3.63) is 29.8 Å². The summed E-state index contributed by atoms with van der Waals surface area (Å²) in [7, 11) is 1.77. The molecule has 1 heterocycles. The predicted molar refractivity (Wildman–Crippen MR) is 80.9 cm³/mol. The van der Waals surface area contributed by atoms with Gasteiger partial charge in [0.05, 0.1) is 0 Å². The molecule has 106 valence electrons. The fourth-order valence-electron chi connectivity index (χ4n) is 2.73. The van der Waals surface area contributed by atoms with Gasteiger partial charge < -0.3 is 15.0 Å². The summed E-state index contributed by atoms with van der Waals surface area (Å²) in [5.41, 5.74) is 2.94. The van der Waals surface area contributed by atoms with Crippen LogP contribution in [0.4, 0.5) is 5.69 Å². The lowest BCUT2D eigenvalue weighted by Crippen LogP contribution is -2.28. The summed E-state index contributed by atoms with van der Waals surface area (Å²) < 4.78 is 5.13. The lowest BCUT2D eigenvalue weighted by molar-refractivity contribution is 0.158. The first-order chi connectivity index (χ1) is 9.31. The second-order valence-electron chi connectivity index (χ2n) is 5.48. The molecular weight excluding hydrogens is 236 g/mol. The van der Waals surface area contributed by atoms with E-state index in [0.717, 1.165) is 26.2 Å². The summed E-state index contributed by atoms with van der Waals surface area (Å²) in [5.74, 6) is 0.595. The minimum Gasteiger partial charge on any atom is -0.384 e. The first-order valence-corrected chi connectivity index (χ1v) is 7.33. The summed E-state index contributed by atoms with van der Waals surface area (Å²) in [6, 6.07) is 8.78. The maximum absolute atomic E-state index is 5.13. The van der Waals surface area contributed by atoms with Gasteiger partial charge in [-0.15, -0.1) is 0 Å². The van der Waals surface area contributed by atoms with Crippen LogP contribution in [0.1, 0.15) is 18.9 Å². The molecule has 1 N–H and O–H groups in total. The fraction of sp³-hybridized carbons (Fsp3) is 0.625. The average molecular weight is 262 g/mol. The molecule has 0 aromatic heterocycles. The predicted octanol–water partition coefficient (Wildman–Crippen LogP) is 2.31. The van der Waals surface area contributed by atoms with E-state index in [2.05, 4.69) is 41.4 Å². The van der Waals surface area contributed by atoms with E-state index in [0.29, 0.717) is 5.92 Å². The number of benzene rings is 1. The highest BCUT2D eigenvalue weighted by Gasteiger charge is 2.17. The van der Waals surface area contributed by atoms with Crippen LogP contribution in [0.3, 0.4) is 0 Å². The van der Waals surface area contributed by atoms with Crippen LogP contribution in [0.2, 0.25) is 0 Å². The molecule has 1 unspecified atom stereocenters. The van der Waals surface area contributed by atoms with Crippen LogP contribution in [-0.4, -0.2) is 39.9 Å². The second-order valence-corrected chi connectivity index (χ2v) is 5.48. The van der Waals surface area contributed by atoms with Crippen LogP contribution in [0.25, 0.3) is 0 Å². The van der Waals surface area contributed by atoms with Crippen LogP contribution in [0, 0.1) is 5.92 Å². The summed E-state index contributed by atoms with van der Waals surface area (Å²) >= 11 is 0. The van der Waals surface area contributed by atoms with Crippen LogP contribution in [0.5, 0.6) is 0 Å². The third-order valence-electron chi connectivity index (χ3n) is 3.71. The molecule has 3 heteroatoms. The molecule has 0 spiro atoms. The van der Waals surface area contributed by atoms with Gasteiger partial charge in [-0.1, -0.05) is 25.1 Å². The number of rotatable bonds is 8. The highest BCUT2D eigenvalue weighted by Crippen LogP contribution is 2.27. The Hall–Kier alpha value is -1.06. The summed E-state index contributed by atoms with van der Waals surface area (Å²) in [6.45, 7) is 7.53.